The average Bonchev–Trinajstić information content (AvgIpc) is 3.06. The Morgan fingerprint density at radius 3 is 2.54 bits per heavy atom. The van der Waals surface area contributed by atoms with Gasteiger partial charge in [-0.25, -0.2) is 9.48 Å². The number of nitrogens with zero attached hydrogens (tertiary/aromatic N) is 3. The van der Waals surface area contributed by atoms with Crippen LogP contribution < -0.4 is 4.74 Å². The molecule has 2 aromatic rings. The molecule has 138 valence electrons. The topological polar surface area (TPSA) is 73.7 Å². The molecular formula is C19H23N3O4. The Hall–Kier alpha value is -2.83. The summed E-state index contributed by atoms with van der Waals surface area (Å²) in [6, 6.07) is 7.49. The fourth-order valence-electron chi connectivity index (χ4n) is 3.16. The number of benzene rings is 1. The van der Waals surface area contributed by atoms with Crippen LogP contribution in [-0.2, 0) is 22.5 Å². The van der Waals surface area contributed by atoms with Gasteiger partial charge in [0, 0.05) is 31.5 Å². The number of hydrogen-bond donors (Lipinski definition) is 0. The number of ether oxygens (including phenoxy) is 2. The molecule has 1 aromatic heterocycles. The van der Waals surface area contributed by atoms with Gasteiger partial charge in [0.05, 0.1) is 25.1 Å². The maximum Gasteiger partial charge on any atom is 0.359 e. The van der Waals surface area contributed by atoms with Gasteiger partial charge >= 0.3 is 5.97 Å². The van der Waals surface area contributed by atoms with Gasteiger partial charge in [-0.2, -0.15) is 5.10 Å². The summed E-state index contributed by atoms with van der Waals surface area (Å²) >= 11 is 0. The molecule has 7 heteroatoms. The summed E-state index contributed by atoms with van der Waals surface area (Å²) < 4.78 is 12.1. The van der Waals surface area contributed by atoms with Gasteiger partial charge in [0.2, 0.25) is 5.91 Å². The van der Waals surface area contributed by atoms with Crippen molar-refractivity contribution in [2.75, 3.05) is 20.3 Å². The van der Waals surface area contributed by atoms with Crippen molar-refractivity contribution in [2.45, 2.75) is 33.2 Å². The van der Waals surface area contributed by atoms with Crippen LogP contribution in [0.1, 0.15) is 42.0 Å². The summed E-state index contributed by atoms with van der Waals surface area (Å²) in [4.78, 5) is 26.3. The summed E-state index contributed by atoms with van der Waals surface area (Å²) in [6.07, 6.45) is 1.08. The number of amides is 1. The molecule has 0 fully saturated rings. The van der Waals surface area contributed by atoms with Crippen molar-refractivity contribution in [1.29, 1.82) is 0 Å². The first-order valence-electron chi connectivity index (χ1n) is 8.79. The molecule has 1 aromatic carbocycles. The molecule has 1 amide bonds. The Labute approximate surface area is 152 Å². The molecular weight excluding hydrogens is 334 g/mol. The lowest BCUT2D eigenvalue weighted by molar-refractivity contribution is -0.131. The number of methoxy groups -OCH3 is 1. The number of fused-ring (bicyclic) bond motifs is 1. The van der Waals surface area contributed by atoms with E-state index >= 15 is 0 Å². The minimum absolute atomic E-state index is 0.0719. The monoisotopic (exact) mass is 357 g/mol. The van der Waals surface area contributed by atoms with Crippen LogP contribution in [0.5, 0.6) is 5.75 Å². The quantitative estimate of drug-likeness (QED) is 0.768. The third-order valence-electron chi connectivity index (χ3n) is 4.50. The molecule has 0 saturated carbocycles. The Kier molecular flexibility index (Phi) is 5.25. The van der Waals surface area contributed by atoms with E-state index in [0.717, 1.165) is 22.7 Å². The van der Waals surface area contributed by atoms with E-state index in [1.807, 2.05) is 31.2 Å². The van der Waals surface area contributed by atoms with Crippen LogP contribution in [0.25, 0.3) is 5.69 Å². The number of hydrogen-bond acceptors (Lipinski definition) is 5. The molecule has 0 unspecified atom stereocenters. The summed E-state index contributed by atoms with van der Waals surface area (Å²) in [5.74, 6) is 0.365. The number of rotatable bonds is 5. The molecule has 1 aliphatic rings. The Balaban J connectivity index is 2.04. The summed E-state index contributed by atoms with van der Waals surface area (Å²) in [7, 11) is 1.61. The van der Waals surface area contributed by atoms with Crippen molar-refractivity contribution in [1.82, 2.24) is 14.7 Å². The Bertz CT molecular complexity index is 811. The van der Waals surface area contributed by atoms with Crippen LogP contribution in [0, 0.1) is 0 Å². The molecule has 26 heavy (non-hydrogen) atoms. The van der Waals surface area contributed by atoms with E-state index in [1.165, 1.54) is 0 Å². The predicted octanol–water partition coefficient (Wildman–Crippen LogP) is 2.35. The number of aromatic nitrogens is 2. The minimum atomic E-state index is -0.457. The molecule has 1 aliphatic heterocycles. The van der Waals surface area contributed by atoms with Gasteiger partial charge in [-0.15, -0.1) is 0 Å². The first kappa shape index (κ1) is 18.0. The lowest BCUT2D eigenvalue weighted by Gasteiger charge is -2.27. The molecule has 0 N–H and O–H groups in total. The highest BCUT2D eigenvalue weighted by molar-refractivity contribution is 5.89. The fourth-order valence-corrected chi connectivity index (χ4v) is 3.16. The normalized spacial score (nSPS) is 13.3. The zero-order valence-corrected chi connectivity index (χ0v) is 15.3. The number of carbonyl (C=O) groups is 2. The largest absolute Gasteiger partial charge is 0.497 e. The van der Waals surface area contributed by atoms with Crippen LogP contribution >= 0.6 is 0 Å². The van der Waals surface area contributed by atoms with Crippen molar-refractivity contribution in [3.63, 3.8) is 0 Å². The molecule has 7 nitrogen and oxygen atoms in total. The Morgan fingerprint density at radius 1 is 1.19 bits per heavy atom. The second-order valence-corrected chi connectivity index (χ2v) is 6.02. The van der Waals surface area contributed by atoms with Gasteiger partial charge in [-0.3, -0.25) is 4.79 Å². The van der Waals surface area contributed by atoms with E-state index in [0.29, 0.717) is 25.9 Å². The molecule has 3 rings (SSSR count). The van der Waals surface area contributed by atoms with Crippen molar-refractivity contribution in [3.8, 4) is 11.4 Å². The van der Waals surface area contributed by atoms with Gasteiger partial charge in [0.1, 0.15) is 5.75 Å². The highest BCUT2D eigenvalue weighted by Gasteiger charge is 2.30. The first-order chi connectivity index (χ1) is 12.6. The van der Waals surface area contributed by atoms with Gasteiger partial charge in [-0.1, -0.05) is 6.92 Å². The van der Waals surface area contributed by atoms with E-state index in [-0.39, 0.29) is 18.2 Å². The first-order valence-corrected chi connectivity index (χ1v) is 8.79. The van der Waals surface area contributed by atoms with Gasteiger partial charge in [0.25, 0.3) is 0 Å². The SMILES string of the molecule is CCOC(=O)c1nn(-c2ccc(OC)cc2)c2c1CN(C(=O)CC)CC2. The second kappa shape index (κ2) is 7.59. The molecule has 0 saturated heterocycles. The van der Waals surface area contributed by atoms with Gasteiger partial charge in [-0.05, 0) is 31.2 Å². The van der Waals surface area contributed by atoms with Crippen LogP contribution in [0.15, 0.2) is 24.3 Å². The highest BCUT2D eigenvalue weighted by atomic mass is 16.5. The second-order valence-electron chi connectivity index (χ2n) is 6.02. The number of esters is 1. The summed E-state index contributed by atoms with van der Waals surface area (Å²) in [5, 5.41) is 4.52. The molecule has 0 spiro atoms. The Morgan fingerprint density at radius 2 is 1.92 bits per heavy atom. The predicted molar refractivity (Wildman–Crippen MR) is 95.5 cm³/mol. The lowest BCUT2D eigenvalue weighted by atomic mass is 10.0. The van der Waals surface area contributed by atoms with E-state index in [4.69, 9.17) is 9.47 Å². The van der Waals surface area contributed by atoms with Crippen LogP contribution in [0.3, 0.4) is 0 Å². The molecule has 2 heterocycles. The van der Waals surface area contributed by atoms with Crippen LogP contribution in [-0.4, -0.2) is 46.8 Å². The van der Waals surface area contributed by atoms with Crippen molar-refractivity contribution in [3.05, 3.63) is 41.2 Å². The van der Waals surface area contributed by atoms with Crippen molar-refractivity contribution in [2.24, 2.45) is 0 Å². The summed E-state index contributed by atoms with van der Waals surface area (Å²) in [6.45, 7) is 4.87. The fraction of sp³-hybridized carbons (Fsp3) is 0.421. The average molecular weight is 357 g/mol. The highest BCUT2D eigenvalue weighted by Crippen LogP contribution is 2.27. The van der Waals surface area contributed by atoms with E-state index < -0.39 is 5.97 Å². The zero-order valence-electron chi connectivity index (χ0n) is 15.3. The number of carbonyl (C=O) groups excluding carboxylic acids is 2. The standard InChI is InChI=1S/C19H23N3O4/c1-4-17(23)21-11-10-16-15(12-21)18(19(24)26-5-2)20-22(16)13-6-8-14(25-3)9-7-13/h6-9H,4-5,10-12H2,1-3H3. The molecule has 0 atom stereocenters. The van der Waals surface area contributed by atoms with Crippen molar-refractivity contribution < 1.29 is 19.1 Å². The maximum atomic E-state index is 12.4. The molecule has 0 bridgehead atoms. The van der Waals surface area contributed by atoms with Gasteiger partial charge in [0.15, 0.2) is 5.69 Å². The maximum absolute atomic E-state index is 12.4. The third kappa shape index (κ3) is 3.29. The van der Waals surface area contributed by atoms with Crippen molar-refractivity contribution >= 4 is 11.9 Å². The minimum Gasteiger partial charge on any atom is -0.497 e. The van der Waals surface area contributed by atoms with Crippen LogP contribution in [0.2, 0.25) is 0 Å². The molecule has 0 radical (unpaired) electrons. The third-order valence-corrected chi connectivity index (χ3v) is 4.50. The van der Waals surface area contributed by atoms with E-state index in [2.05, 4.69) is 5.10 Å². The van der Waals surface area contributed by atoms with Crippen LogP contribution in [0.4, 0.5) is 0 Å². The smallest absolute Gasteiger partial charge is 0.359 e. The summed E-state index contributed by atoms with van der Waals surface area (Å²) in [5.41, 5.74) is 2.84. The zero-order chi connectivity index (χ0) is 18.7. The van der Waals surface area contributed by atoms with E-state index in [1.54, 1.807) is 23.6 Å². The molecule has 0 aliphatic carbocycles. The lowest BCUT2D eigenvalue weighted by Crippen LogP contribution is -2.36. The van der Waals surface area contributed by atoms with Gasteiger partial charge < -0.3 is 14.4 Å². The van der Waals surface area contributed by atoms with E-state index in [9.17, 15) is 9.59 Å².